The maximum atomic E-state index is 12.2. The van der Waals surface area contributed by atoms with Crippen LogP contribution in [-0.2, 0) is 4.74 Å². The van der Waals surface area contributed by atoms with Gasteiger partial charge >= 0.3 is 0 Å². The molecule has 0 amide bonds. The molecule has 3 N–H and O–H groups in total. The van der Waals surface area contributed by atoms with Crippen LogP contribution in [-0.4, -0.2) is 33.1 Å². The Morgan fingerprint density at radius 3 is 2.55 bits per heavy atom. The van der Waals surface area contributed by atoms with Crippen LogP contribution in [0.25, 0.3) is 11.6 Å². The zero-order valence-electron chi connectivity index (χ0n) is 18.8. The molecule has 0 aliphatic carbocycles. The standard InChI is InChI=1S/C25H32O6/c1-16(2)7-6-8-18-12-19(22-14-20(27)13-21(31-22)9-10-26)11-17(3)23(28)24(30-15-18)25(4,5)29/h7,9-15,23-24,26,28-29H,6,8H2,1-5H3/b10-9+,17-11+,18-15+,19-12+. The summed E-state index contributed by atoms with van der Waals surface area (Å²) in [7, 11) is 0. The molecule has 2 unspecified atom stereocenters. The van der Waals surface area contributed by atoms with E-state index >= 15 is 0 Å². The first-order valence-corrected chi connectivity index (χ1v) is 10.3. The maximum Gasteiger partial charge on any atom is 0.186 e. The summed E-state index contributed by atoms with van der Waals surface area (Å²) in [6.45, 7) is 8.94. The highest BCUT2D eigenvalue weighted by Crippen LogP contribution is 2.29. The molecule has 1 aromatic rings. The van der Waals surface area contributed by atoms with Crippen LogP contribution < -0.4 is 5.43 Å². The van der Waals surface area contributed by atoms with E-state index in [1.807, 2.05) is 19.9 Å². The van der Waals surface area contributed by atoms with Crippen molar-refractivity contribution in [3.63, 3.8) is 0 Å². The highest BCUT2D eigenvalue weighted by Gasteiger charge is 2.36. The number of aliphatic hydroxyl groups excluding tert-OH is 2. The lowest BCUT2D eigenvalue weighted by Crippen LogP contribution is -2.46. The van der Waals surface area contributed by atoms with Gasteiger partial charge in [0.1, 0.15) is 17.6 Å². The molecule has 0 saturated carbocycles. The number of rotatable bonds is 6. The molecule has 6 heteroatoms. The van der Waals surface area contributed by atoms with Gasteiger partial charge in [-0.2, -0.15) is 0 Å². The van der Waals surface area contributed by atoms with Gasteiger partial charge in [-0.3, -0.25) is 4.79 Å². The Labute approximate surface area is 183 Å². The Morgan fingerprint density at radius 1 is 1.23 bits per heavy atom. The molecule has 0 spiro atoms. The summed E-state index contributed by atoms with van der Waals surface area (Å²) >= 11 is 0. The molecule has 2 heterocycles. The lowest BCUT2D eigenvalue weighted by Gasteiger charge is -2.32. The average molecular weight is 429 g/mol. The molecule has 2 rings (SSSR count). The van der Waals surface area contributed by atoms with Crippen molar-refractivity contribution >= 4 is 11.6 Å². The Kier molecular flexibility index (Phi) is 8.25. The van der Waals surface area contributed by atoms with E-state index in [-0.39, 0.29) is 11.2 Å². The first kappa shape index (κ1) is 24.4. The van der Waals surface area contributed by atoms with Crippen molar-refractivity contribution in [3.8, 4) is 0 Å². The second-order valence-electron chi connectivity index (χ2n) is 8.53. The van der Waals surface area contributed by atoms with Gasteiger partial charge in [0, 0.05) is 23.8 Å². The van der Waals surface area contributed by atoms with Gasteiger partial charge in [-0.25, -0.2) is 0 Å². The summed E-state index contributed by atoms with van der Waals surface area (Å²) in [6, 6.07) is 2.63. The van der Waals surface area contributed by atoms with Gasteiger partial charge in [0.05, 0.1) is 18.1 Å². The number of hydrogen-bond donors (Lipinski definition) is 3. The normalized spacial score (nSPS) is 25.1. The van der Waals surface area contributed by atoms with Crippen molar-refractivity contribution in [2.45, 2.75) is 65.3 Å². The van der Waals surface area contributed by atoms with Gasteiger partial charge in [0.25, 0.3) is 0 Å². The highest BCUT2D eigenvalue weighted by molar-refractivity contribution is 5.74. The molecular formula is C25H32O6. The van der Waals surface area contributed by atoms with Crippen LogP contribution in [0, 0.1) is 0 Å². The number of allylic oxidation sites excluding steroid dienone is 6. The first-order chi connectivity index (χ1) is 14.5. The predicted octanol–water partition coefficient (Wildman–Crippen LogP) is 4.66. The molecule has 2 atom stereocenters. The largest absolute Gasteiger partial charge is 0.515 e. The minimum atomic E-state index is -1.29. The third-order valence-electron chi connectivity index (χ3n) is 4.83. The zero-order valence-corrected chi connectivity index (χ0v) is 18.8. The number of aliphatic hydroxyl groups is 3. The lowest BCUT2D eigenvalue weighted by molar-refractivity contribution is -0.100. The van der Waals surface area contributed by atoms with Crippen LogP contribution in [0.5, 0.6) is 0 Å². The summed E-state index contributed by atoms with van der Waals surface area (Å²) in [5.74, 6) is 0.500. The Bertz CT molecular complexity index is 978. The molecule has 1 aliphatic heterocycles. The minimum Gasteiger partial charge on any atom is -0.515 e. The van der Waals surface area contributed by atoms with Crippen LogP contribution in [0.1, 0.15) is 59.0 Å². The topological polar surface area (TPSA) is 100 Å². The smallest absolute Gasteiger partial charge is 0.186 e. The fourth-order valence-electron chi connectivity index (χ4n) is 3.23. The van der Waals surface area contributed by atoms with Gasteiger partial charge < -0.3 is 24.5 Å². The van der Waals surface area contributed by atoms with Crippen molar-refractivity contribution in [2.75, 3.05) is 0 Å². The Balaban J connectivity index is 2.62. The minimum absolute atomic E-state index is 0.207. The quantitative estimate of drug-likeness (QED) is 0.450. The van der Waals surface area contributed by atoms with Gasteiger partial charge in [0.2, 0.25) is 0 Å². The van der Waals surface area contributed by atoms with Crippen molar-refractivity contribution in [1.29, 1.82) is 0 Å². The lowest BCUT2D eigenvalue weighted by atomic mass is 9.91. The first-order valence-electron chi connectivity index (χ1n) is 10.3. The second kappa shape index (κ2) is 10.5. The molecular weight excluding hydrogens is 396 g/mol. The van der Waals surface area contributed by atoms with Gasteiger partial charge in [-0.15, -0.1) is 0 Å². The fraction of sp³-hybridized carbons (Fsp3) is 0.400. The van der Waals surface area contributed by atoms with E-state index in [0.29, 0.717) is 23.3 Å². The molecule has 31 heavy (non-hydrogen) atoms. The van der Waals surface area contributed by atoms with E-state index in [0.717, 1.165) is 18.3 Å². The SMILES string of the molecule is CC(C)=CCCC1=C\OC(C(C)(C)O)C(O)/C(C)=C/C(c2cc(=O)cc(/C=C/O)o2)=C\1. The molecule has 0 bridgehead atoms. The summed E-state index contributed by atoms with van der Waals surface area (Å²) in [6.07, 6.45) is 8.76. The molecule has 1 aromatic heterocycles. The van der Waals surface area contributed by atoms with Gasteiger partial charge in [-0.1, -0.05) is 11.6 Å². The van der Waals surface area contributed by atoms with Crippen LogP contribution in [0.2, 0.25) is 0 Å². The van der Waals surface area contributed by atoms with Crippen molar-refractivity contribution in [1.82, 2.24) is 0 Å². The summed E-state index contributed by atoms with van der Waals surface area (Å²) < 4.78 is 11.6. The highest BCUT2D eigenvalue weighted by atomic mass is 16.5. The van der Waals surface area contributed by atoms with E-state index in [1.165, 1.54) is 23.8 Å². The van der Waals surface area contributed by atoms with E-state index in [4.69, 9.17) is 14.3 Å². The molecule has 0 saturated heterocycles. The fourth-order valence-corrected chi connectivity index (χ4v) is 3.23. The average Bonchev–Trinajstić information content (AvgIpc) is 2.70. The van der Waals surface area contributed by atoms with E-state index in [9.17, 15) is 15.0 Å². The molecule has 0 radical (unpaired) electrons. The van der Waals surface area contributed by atoms with Crippen LogP contribution in [0.15, 0.2) is 68.8 Å². The van der Waals surface area contributed by atoms with Crippen molar-refractivity contribution < 1.29 is 24.5 Å². The summed E-state index contributed by atoms with van der Waals surface area (Å²) in [5, 5.41) is 30.4. The van der Waals surface area contributed by atoms with Crippen LogP contribution >= 0.6 is 0 Å². The van der Waals surface area contributed by atoms with Gasteiger partial charge in [0.15, 0.2) is 11.5 Å². The van der Waals surface area contributed by atoms with Crippen molar-refractivity contribution in [3.05, 3.63) is 81.3 Å². The molecule has 168 valence electrons. The molecule has 0 fully saturated rings. The van der Waals surface area contributed by atoms with E-state index in [2.05, 4.69) is 6.08 Å². The monoisotopic (exact) mass is 428 g/mol. The van der Waals surface area contributed by atoms with E-state index < -0.39 is 17.8 Å². The van der Waals surface area contributed by atoms with Crippen LogP contribution in [0.4, 0.5) is 0 Å². The van der Waals surface area contributed by atoms with E-state index in [1.54, 1.807) is 33.1 Å². The van der Waals surface area contributed by atoms with Crippen molar-refractivity contribution in [2.24, 2.45) is 0 Å². The number of hydrogen-bond acceptors (Lipinski definition) is 6. The Hall–Kier alpha value is -2.83. The number of ether oxygens (including phenoxy) is 1. The van der Waals surface area contributed by atoms with Gasteiger partial charge in [-0.05, 0) is 70.8 Å². The third kappa shape index (κ3) is 7.12. The summed E-state index contributed by atoms with van der Waals surface area (Å²) in [5.41, 5.74) is 1.56. The third-order valence-corrected chi connectivity index (χ3v) is 4.83. The van der Waals surface area contributed by atoms with Crippen LogP contribution in [0.3, 0.4) is 0 Å². The zero-order chi connectivity index (χ0) is 23.2. The molecule has 6 nitrogen and oxygen atoms in total. The predicted molar refractivity (Wildman–Crippen MR) is 122 cm³/mol. The second-order valence-corrected chi connectivity index (χ2v) is 8.53. The Morgan fingerprint density at radius 2 is 1.94 bits per heavy atom. The molecule has 0 aromatic carbocycles. The summed E-state index contributed by atoms with van der Waals surface area (Å²) in [4.78, 5) is 12.2. The maximum absolute atomic E-state index is 12.2. The molecule has 1 aliphatic rings.